The number of carbonyl (C=O) groups is 6. The van der Waals surface area contributed by atoms with Gasteiger partial charge in [0.05, 0.1) is 28.8 Å². The van der Waals surface area contributed by atoms with Gasteiger partial charge in [0.1, 0.15) is 37.3 Å². The summed E-state index contributed by atoms with van der Waals surface area (Å²) < 4.78 is 30.3. The second-order valence-corrected chi connectivity index (χ2v) is 24.7. The summed E-state index contributed by atoms with van der Waals surface area (Å²) in [5, 5.41) is 71.6. The average molecular weight is 1130 g/mol. The number of aliphatic hydroxyl groups is 5. The molecule has 2 saturated heterocycles. The number of allylic oxidation sites excluding steroid dienone is 4. The van der Waals surface area contributed by atoms with E-state index in [0.717, 1.165) is 30.4 Å². The number of carboxylic acid groups (broad SMARTS) is 1. The van der Waals surface area contributed by atoms with Crippen molar-refractivity contribution in [2.45, 2.75) is 119 Å². The summed E-state index contributed by atoms with van der Waals surface area (Å²) in [5.41, 5.74) is 0.727. The first-order valence-electron chi connectivity index (χ1n) is 26.8. The summed E-state index contributed by atoms with van der Waals surface area (Å²) in [7, 11) is 0. The minimum absolute atomic E-state index is 0.00340. The zero-order chi connectivity index (χ0) is 54.0. The Hall–Kier alpha value is -5.10. The molecule has 21 heteroatoms. The van der Waals surface area contributed by atoms with E-state index in [9.17, 15) is 59.4 Å². The van der Waals surface area contributed by atoms with E-state index in [1.54, 1.807) is 12.2 Å². The molecule has 2 aromatic carbocycles. The number of alkyl halides is 1. The molecule has 0 unspecified atom stereocenters. The van der Waals surface area contributed by atoms with Crippen molar-refractivity contribution in [3.8, 4) is 5.75 Å². The molecule has 10 aliphatic carbocycles. The second-order valence-electron chi connectivity index (χ2n) is 24.1. The van der Waals surface area contributed by atoms with Gasteiger partial charge in [-0.2, -0.15) is 0 Å². The quantitative estimate of drug-likeness (QED) is 0.109. The van der Waals surface area contributed by atoms with Crippen LogP contribution in [0.25, 0.3) is 0 Å². The summed E-state index contributed by atoms with van der Waals surface area (Å²) in [6.45, 7) is 3.26. The smallest absolute Gasteiger partial charge is 0.407 e. The number of alkyl carbamates (subject to hydrolysis) is 1. The Labute approximate surface area is 450 Å². The lowest BCUT2D eigenvalue weighted by Gasteiger charge is -3.11. The standard InChI is InChI=1S/C56H62BrN3O17/c1-52-13-11-27(62)16-26(52)8-9-28-29-17-34-56(33(64)21-61,53(29,2)19-31(63)37(28)52)77-49(75-34)25-6-3-23(4-7-25)18-54-38-41-39(54)43-40(54)42(38)55(41,43)60-51(72)73-22-24-5-10-32(30(15-24)59-35(65)12-14-58-36(66)20-57)74-50-46(69)44(67)45(68)47(76-50)48(70)71/h3-7,10-11,13,15-16,28-29,31,34,37-47,49-50,61,63,67-69H,8-9,12,14,17-22H2,1-2H3,(H,58,66)(H,59,65)(H,60,72)(H,70,71)/t28-,29-,31-,34+,37+,38?,39?,40?,41?,42?,43?,44-,45-,46+,47-,49+,50+,52-,53-,54?,55?,56+/m0/s1. The lowest BCUT2D eigenvalue weighted by atomic mass is 8.94. The van der Waals surface area contributed by atoms with E-state index >= 15 is 0 Å². The van der Waals surface area contributed by atoms with Crippen molar-refractivity contribution in [3.05, 3.63) is 83.0 Å². The molecule has 77 heavy (non-hydrogen) atoms. The summed E-state index contributed by atoms with van der Waals surface area (Å²) in [5.74, 6) is -0.440. The van der Waals surface area contributed by atoms with Crippen LogP contribution in [0.15, 0.2) is 66.3 Å². The van der Waals surface area contributed by atoms with E-state index in [4.69, 9.17) is 23.7 Å². The third kappa shape index (κ3) is 6.77. The Morgan fingerprint density at radius 3 is 2.27 bits per heavy atom. The number of rotatable bonds is 16. The fourth-order valence-corrected chi connectivity index (χ4v) is 18.6. The van der Waals surface area contributed by atoms with E-state index in [-0.39, 0.29) is 76.7 Å². The summed E-state index contributed by atoms with van der Waals surface area (Å²) >= 11 is 3.04. The number of hydrogen-bond donors (Lipinski definition) is 9. The molecule has 0 spiro atoms. The number of nitrogens with one attached hydrogen (secondary N) is 3. The number of carbonyl (C=O) groups excluding carboxylic acids is 5. The highest BCUT2D eigenvalue weighted by atomic mass is 79.9. The maximum absolute atomic E-state index is 14.1. The molecule has 14 atom stereocenters. The van der Waals surface area contributed by atoms with Gasteiger partial charge >= 0.3 is 12.1 Å². The fourth-order valence-electron chi connectivity index (χ4n) is 18.4. The van der Waals surface area contributed by atoms with E-state index in [0.29, 0.717) is 53.9 Å². The number of hydrogen-bond acceptors (Lipinski definition) is 16. The number of benzene rings is 2. The topological polar surface area (TPSA) is 306 Å². The van der Waals surface area contributed by atoms with Crippen molar-refractivity contribution in [2.24, 2.45) is 69.5 Å². The molecule has 2 aromatic rings. The number of Topliss-reactive ketones (excluding diaryl/α,β-unsaturated/α-hetero) is 1. The highest BCUT2D eigenvalue weighted by Gasteiger charge is 3.10. The normalized spacial score (nSPS) is 45.1. The number of ketones is 2. The Morgan fingerprint density at radius 1 is 0.870 bits per heavy atom. The van der Waals surface area contributed by atoms with Gasteiger partial charge in [-0.05, 0) is 120 Å². The number of anilines is 1. The molecule has 11 fully saturated rings. The number of aliphatic hydroxyl groups excluding tert-OH is 5. The molecule has 2 aliphatic heterocycles. The van der Waals surface area contributed by atoms with Gasteiger partial charge in [-0.15, -0.1) is 0 Å². The number of amides is 3. The van der Waals surface area contributed by atoms with Gasteiger partial charge < -0.3 is 70.3 Å². The van der Waals surface area contributed by atoms with Crippen molar-refractivity contribution in [3.63, 3.8) is 0 Å². The average Bonchev–Trinajstić information content (AvgIpc) is 1.18. The predicted octanol–water partition coefficient (Wildman–Crippen LogP) is 2.36. The maximum Gasteiger partial charge on any atom is 0.407 e. The van der Waals surface area contributed by atoms with Crippen LogP contribution < -0.4 is 20.7 Å². The molecule has 0 bridgehead atoms. The van der Waals surface area contributed by atoms with Crippen LogP contribution in [0.1, 0.15) is 68.9 Å². The third-order valence-corrected chi connectivity index (χ3v) is 21.8. The van der Waals surface area contributed by atoms with Gasteiger partial charge in [0.25, 0.3) is 0 Å². The van der Waals surface area contributed by atoms with Crippen LogP contribution in [0.3, 0.4) is 0 Å². The van der Waals surface area contributed by atoms with Crippen molar-refractivity contribution < 1.29 is 83.1 Å². The number of carboxylic acids is 1. The molecule has 0 radical (unpaired) electrons. The van der Waals surface area contributed by atoms with E-state index in [1.165, 1.54) is 23.8 Å². The van der Waals surface area contributed by atoms with Crippen LogP contribution in [0.2, 0.25) is 0 Å². The van der Waals surface area contributed by atoms with Crippen molar-refractivity contribution >= 4 is 57.1 Å². The Bertz CT molecular complexity index is 2900. The monoisotopic (exact) mass is 1130 g/mol. The SMILES string of the molecule is C[C@]12C=CC(=O)C=C1CC[C@@H]1[C@@H]2[C@@H](O)C[C@@]2(C)[C@H]1C[C@H]1O[C@@H](c3ccc(CC45C6C7C4C4C5C6C74NC(=O)OCc4ccc(O[C@@H]5O[C@H](C(=O)O)[C@@H](O)[C@H](O)[C@H]5O)c(NC(=O)CCNC(=O)CBr)c4)cc3)O[C@]12C(=O)CO. The highest BCUT2D eigenvalue weighted by Crippen LogP contribution is 3.07. The van der Waals surface area contributed by atoms with Gasteiger partial charge in [-0.1, -0.05) is 71.8 Å². The molecular formula is C56H62BrN3O17. The minimum Gasteiger partial charge on any atom is -0.479 e. The molecule has 12 aliphatic rings. The zero-order valence-corrected chi connectivity index (χ0v) is 43.8. The maximum atomic E-state index is 14.1. The predicted molar refractivity (Wildman–Crippen MR) is 268 cm³/mol. The number of halogens is 1. The summed E-state index contributed by atoms with van der Waals surface area (Å²) in [4.78, 5) is 76.3. The molecule has 9 saturated carbocycles. The van der Waals surface area contributed by atoms with E-state index in [2.05, 4.69) is 50.9 Å². The molecule has 3 amide bonds. The molecule has 14 rings (SSSR count). The molecule has 20 nitrogen and oxygen atoms in total. The molecular weight excluding hydrogens is 1070 g/mol. The first-order chi connectivity index (χ1) is 36.8. The van der Waals surface area contributed by atoms with Crippen LogP contribution >= 0.6 is 15.9 Å². The van der Waals surface area contributed by atoms with Gasteiger partial charge in [-0.25, -0.2) is 9.59 Å². The Kier molecular flexibility index (Phi) is 11.8. The zero-order valence-electron chi connectivity index (χ0n) is 42.2. The van der Waals surface area contributed by atoms with Crippen LogP contribution in [-0.2, 0) is 55.9 Å². The number of aliphatic carboxylic acids is 1. The minimum atomic E-state index is -1.94. The van der Waals surface area contributed by atoms with E-state index < -0.39 is 96.0 Å². The van der Waals surface area contributed by atoms with Gasteiger partial charge in [0.2, 0.25) is 18.1 Å². The Balaban J connectivity index is 0.633. The van der Waals surface area contributed by atoms with E-state index in [1.807, 2.05) is 25.1 Å². The second kappa shape index (κ2) is 17.7. The summed E-state index contributed by atoms with van der Waals surface area (Å²) in [6, 6.07) is 12.6. The Morgan fingerprint density at radius 2 is 1.58 bits per heavy atom. The molecule has 410 valence electrons. The van der Waals surface area contributed by atoms with Crippen LogP contribution in [0, 0.1) is 69.5 Å². The van der Waals surface area contributed by atoms with Crippen molar-refractivity contribution in [1.29, 1.82) is 0 Å². The lowest BCUT2D eigenvalue weighted by Crippen LogP contribution is -3.15. The van der Waals surface area contributed by atoms with Crippen molar-refractivity contribution in [2.75, 3.05) is 23.8 Å². The highest BCUT2D eigenvalue weighted by molar-refractivity contribution is 9.09. The van der Waals surface area contributed by atoms with Crippen LogP contribution in [0.5, 0.6) is 5.75 Å². The molecule has 9 N–H and O–H groups in total. The van der Waals surface area contributed by atoms with Gasteiger partial charge in [-0.3, -0.25) is 19.2 Å². The largest absolute Gasteiger partial charge is 0.479 e. The molecule has 0 aromatic heterocycles. The van der Waals surface area contributed by atoms with Crippen LogP contribution in [-0.4, -0.2) is 139 Å². The number of ether oxygens (including phenoxy) is 5. The van der Waals surface area contributed by atoms with Gasteiger partial charge in [0.15, 0.2) is 29.6 Å². The van der Waals surface area contributed by atoms with Crippen molar-refractivity contribution in [1.82, 2.24) is 10.6 Å². The molecule has 2 heterocycles. The summed E-state index contributed by atoms with van der Waals surface area (Å²) in [6.07, 6.45) is -3.74. The first-order valence-corrected chi connectivity index (χ1v) is 27.9. The third-order valence-electron chi connectivity index (χ3n) is 21.3. The lowest BCUT2D eigenvalue weighted by molar-refractivity contribution is -0.624. The first kappa shape index (κ1) is 51.3. The van der Waals surface area contributed by atoms with Gasteiger partial charge in [0, 0.05) is 35.3 Å². The number of fused-ring (bicyclic) bond motifs is 7. The van der Waals surface area contributed by atoms with Crippen LogP contribution in [0.4, 0.5) is 10.5 Å². The fraction of sp³-hybridized carbons (Fsp3) is 0.607.